The van der Waals surface area contributed by atoms with Crippen LogP contribution in [0.15, 0.2) is 132 Å². The Morgan fingerprint density at radius 1 is 0.525 bits per heavy atom. The minimum absolute atomic E-state index is 0.862. The van der Waals surface area contributed by atoms with Crippen molar-refractivity contribution in [1.82, 2.24) is 14.8 Å². The van der Waals surface area contributed by atoms with Crippen LogP contribution in [-0.2, 0) is 0 Å². The van der Waals surface area contributed by atoms with Gasteiger partial charge in [0.1, 0.15) is 16.7 Å². The Morgan fingerprint density at radius 3 is 2.25 bits per heavy atom. The van der Waals surface area contributed by atoms with Crippen molar-refractivity contribution in [3.8, 4) is 16.8 Å². The molecule has 9 aromatic rings. The molecule has 0 aliphatic heterocycles. The first-order valence-corrected chi connectivity index (χ1v) is 13.4. The van der Waals surface area contributed by atoms with E-state index in [0.717, 1.165) is 54.9 Å². The highest BCUT2D eigenvalue weighted by atomic mass is 16.3. The van der Waals surface area contributed by atoms with Gasteiger partial charge in [0.05, 0.1) is 17.2 Å². The molecule has 4 heteroatoms. The van der Waals surface area contributed by atoms with Crippen molar-refractivity contribution in [2.45, 2.75) is 0 Å². The van der Waals surface area contributed by atoms with Gasteiger partial charge in [-0.25, -0.2) is 0 Å². The maximum absolute atomic E-state index is 6.22. The van der Waals surface area contributed by atoms with Crippen molar-refractivity contribution in [3.05, 3.63) is 128 Å². The van der Waals surface area contributed by atoms with Crippen LogP contribution < -0.4 is 0 Å². The van der Waals surface area contributed by atoms with Gasteiger partial charge in [-0.15, -0.1) is 5.10 Å². The van der Waals surface area contributed by atoms with Crippen LogP contribution in [0.25, 0.3) is 82.2 Å². The molecule has 186 valence electrons. The molecule has 9 rings (SSSR count). The minimum Gasteiger partial charge on any atom is -0.456 e. The topological polar surface area (TPSA) is 43.9 Å². The predicted molar refractivity (Wildman–Crippen MR) is 164 cm³/mol. The van der Waals surface area contributed by atoms with Gasteiger partial charge in [-0.1, -0.05) is 66.7 Å². The Morgan fingerprint density at radius 2 is 1.32 bits per heavy atom. The molecule has 3 heterocycles. The molecular formula is C36H21N3O. The Kier molecular flexibility index (Phi) is 4.30. The van der Waals surface area contributed by atoms with Gasteiger partial charge in [0.15, 0.2) is 0 Å². The molecule has 40 heavy (non-hydrogen) atoms. The molecule has 0 atom stereocenters. The number of rotatable bonds is 2. The second-order valence-corrected chi connectivity index (χ2v) is 10.3. The molecule has 4 nitrogen and oxygen atoms in total. The van der Waals surface area contributed by atoms with Crippen molar-refractivity contribution in [2.75, 3.05) is 0 Å². The Bertz CT molecular complexity index is 2430. The van der Waals surface area contributed by atoms with Crippen LogP contribution in [-0.4, -0.2) is 14.8 Å². The molecule has 0 saturated carbocycles. The number of nitrogens with zero attached hydrogens (tertiary/aromatic N) is 3. The molecule has 0 radical (unpaired) electrons. The van der Waals surface area contributed by atoms with E-state index in [-0.39, 0.29) is 0 Å². The van der Waals surface area contributed by atoms with E-state index in [1.807, 2.05) is 12.1 Å². The highest BCUT2D eigenvalue weighted by Crippen LogP contribution is 2.43. The zero-order valence-electron chi connectivity index (χ0n) is 21.4. The van der Waals surface area contributed by atoms with E-state index in [9.17, 15) is 0 Å². The van der Waals surface area contributed by atoms with Crippen LogP contribution >= 0.6 is 0 Å². The third-order valence-corrected chi connectivity index (χ3v) is 8.12. The SMILES string of the molecule is c1ccc(-n2c3ccccc3c3c(-c4cc5cc6c(cc5c5nnccc45)oc4ccccc46)cccc32)cc1. The lowest BCUT2D eigenvalue weighted by Gasteiger charge is -2.12. The summed E-state index contributed by atoms with van der Waals surface area (Å²) in [5.74, 6) is 0. The quantitative estimate of drug-likeness (QED) is 0.217. The van der Waals surface area contributed by atoms with Gasteiger partial charge in [-0.05, 0) is 71.1 Å². The first-order valence-electron chi connectivity index (χ1n) is 13.4. The summed E-state index contributed by atoms with van der Waals surface area (Å²) in [5.41, 5.74) is 8.47. The minimum atomic E-state index is 0.862. The molecule has 0 N–H and O–H groups in total. The van der Waals surface area contributed by atoms with Crippen molar-refractivity contribution in [1.29, 1.82) is 0 Å². The second-order valence-electron chi connectivity index (χ2n) is 10.3. The van der Waals surface area contributed by atoms with E-state index < -0.39 is 0 Å². The molecule has 0 aliphatic carbocycles. The summed E-state index contributed by atoms with van der Waals surface area (Å²) in [5, 5.41) is 16.9. The lowest BCUT2D eigenvalue weighted by atomic mass is 9.92. The molecule has 0 fully saturated rings. The Balaban J connectivity index is 1.43. The highest BCUT2D eigenvalue weighted by Gasteiger charge is 2.19. The van der Waals surface area contributed by atoms with Gasteiger partial charge in [0, 0.05) is 38.0 Å². The maximum Gasteiger partial charge on any atom is 0.136 e. The van der Waals surface area contributed by atoms with Crippen LogP contribution in [0.4, 0.5) is 0 Å². The number of hydrogen-bond donors (Lipinski definition) is 0. The third-order valence-electron chi connectivity index (χ3n) is 8.12. The fraction of sp³-hybridized carbons (Fsp3) is 0. The number of furan rings is 1. The highest BCUT2D eigenvalue weighted by molar-refractivity contribution is 6.22. The summed E-state index contributed by atoms with van der Waals surface area (Å²) in [6, 6.07) is 42.8. The first kappa shape index (κ1) is 21.5. The van der Waals surface area contributed by atoms with E-state index in [1.54, 1.807) is 6.20 Å². The van der Waals surface area contributed by atoms with Crippen molar-refractivity contribution < 1.29 is 4.42 Å². The van der Waals surface area contributed by atoms with Crippen LogP contribution in [0.5, 0.6) is 0 Å². The van der Waals surface area contributed by atoms with Crippen LogP contribution in [0.3, 0.4) is 0 Å². The van der Waals surface area contributed by atoms with E-state index in [1.165, 1.54) is 27.4 Å². The van der Waals surface area contributed by atoms with Gasteiger partial charge in [-0.2, -0.15) is 5.10 Å². The fourth-order valence-electron chi connectivity index (χ4n) is 6.42. The largest absolute Gasteiger partial charge is 0.456 e. The summed E-state index contributed by atoms with van der Waals surface area (Å²) in [6.07, 6.45) is 1.78. The zero-order valence-corrected chi connectivity index (χ0v) is 21.4. The zero-order chi connectivity index (χ0) is 26.2. The Hall–Kier alpha value is -5.48. The average Bonchev–Trinajstić information content (AvgIpc) is 3.55. The van der Waals surface area contributed by atoms with Gasteiger partial charge >= 0.3 is 0 Å². The summed E-state index contributed by atoms with van der Waals surface area (Å²) in [4.78, 5) is 0. The van der Waals surface area contributed by atoms with Gasteiger partial charge in [-0.3, -0.25) is 0 Å². The molecule has 0 unspecified atom stereocenters. The van der Waals surface area contributed by atoms with E-state index >= 15 is 0 Å². The van der Waals surface area contributed by atoms with E-state index in [4.69, 9.17) is 4.42 Å². The smallest absolute Gasteiger partial charge is 0.136 e. The molecule has 0 spiro atoms. The third kappa shape index (κ3) is 2.90. The lowest BCUT2D eigenvalue weighted by Crippen LogP contribution is -1.93. The van der Waals surface area contributed by atoms with Gasteiger partial charge in [0.25, 0.3) is 0 Å². The number of aromatic nitrogens is 3. The maximum atomic E-state index is 6.22. The van der Waals surface area contributed by atoms with Crippen LogP contribution in [0, 0.1) is 0 Å². The summed E-state index contributed by atoms with van der Waals surface area (Å²) in [6.45, 7) is 0. The van der Waals surface area contributed by atoms with Crippen molar-refractivity contribution >= 4 is 65.4 Å². The van der Waals surface area contributed by atoms with E-state index in [0.29, 0.717) is 0 Å². The van der Waals surface area contributed by atoms with Crippen LogP contribution in [0.1, 0.15) is 0 Å². The number of benzene rings is 6. The monoisotopic (exact) mass is 511 g/mol. The second kappa shape index (κ2) is 8.01. The molecular weight excluding hydrogens is 490 g/mol. The van der Waals surface area contributed by atoms with Crippen molar-refractivity contribution in [2.24, 2.45) is 0 Å². The summed E-state index contributed by atoms with van der Waals surface area (Å²) < 4.78 is 8.58. The standard InChI is InChI=1S/C36H21N3O/c1-2-9-23(10-3-1)39-31-14-6-4-12-27(31)35-25(13-8-15-32(35)39)29-19-22-20-30-24-11-5-7-16-33(24)40-34(30)21-28(22)36-26(29)17-18-37-38-36/h1-21H. The summed E-state index contributed by atoms with van der Waals surface area (Å²) in [7, 11) is 0. The number of hydrogen-bond acceptors (Lipinski definition) is 3. The molecule has 3 aromatic heterocycles. The number of fused-ring (bicyclic) bond motifs is 9. The van der Waals surface area contributed by atoms with Gasteiger partial charge < -0.3 is 8.98 Å². The molecule has 0 bridgehead atoms. The Labute approximate surface area is 228 Å². The number of para-hydroxylation sites is 3. The first-order chi connectivity index (χ1) is 19.8. The molecule has 0 aliphatic rings. The van der Waals surface area contributed by atoms with E-state index in [2.05, 4.69) is 124 Å². The normalized spacial score (nSPS) is 12.0. The average molecular weight is 512 g/mol. The molecule has 0 saturated heterocycles. The predicted octanol–water partition coefficient (Wildman–Crippen LogP) is 9.45. The van der Waals surface area contributed by atoms with Gasteiger partial charge in [0.2, 0.25) is 0 Å². The fourth-order valence-corrected chi connectivity index (χ4v) is 6.42. The van der Waals surface area contributed by atoms with Crippen molar-refractivity contribution in [3.63, 3.8) is 0 Å². The molecule has 0 amide bonds. The summed E-state index contributed by atoms with van der Waals surface area (Å²) >= 11 is 0. The van der Waals surface area contributed by atoms with Crippen LogP contribution in [0.2, 0.25) is 0 Å². The molecule has 6 aromatic carbocycles. The lowest BCUT2D eigenvalue weighted by molar-refractivity contribution is 0.669.